The molecule has 13 rings (SSSR count). The van der Waals surface area contributed by atoms with E-state index in [1.807, 2.05) is 18.2 Å². The van der Waals surface area contributed by atoms with Crippen LogP contribution in [0.3, 0.4) is 0 Å². The summed E-state index contributed by atoms with van der Waals surface area (Å²) in [5, 5.41) is 5.56. The highest BCUT2D eigenvalue weighted by atomic mass is 16.5. The van der Waals surface area contributed by atoms with Gasteiger partial charge < -0.3 is 9.15 Å². The molecule has 9 aromatic carbocycles. The fourth-order valence-electron chi connectivity index (χ4n) is 10.00. The molecular formula is C55H32N2O2. The van der Waals surface area contributed by atoms with Gasteiger partial charge in [-0.25, -0.2) is 9.97 Å². The first-order valence-electron chi connectivity index (χ1n) is 20.1. The van der Waals surface area contributed by atoms with E-state index in [0.29, 0.717) is 11.4 Å². The summed E-state index contributed by atoms with van der Waals surface area (Å²) >= 11 is 0. The Hall–Kier alpha value is -7.82. The SMILES string of the molecule is c1cc(-c2cccc3c2-c2ccccc2C32c3ccccc3Oc3c2ccc2ccccc32)cc(-c2nc(-c3ccc4ccccc4c3)nc3c2oc2ccccc23)c1. The number of rotatable bonds is 3. The van der Waals surface area contributed by atoms with Gasteiger partial charge in [-0.15, -0.1) is 0 Å². The van der Waals surface area contributed by atoms with Gasteiger partial charge in [-0.1, -0.05) is 164 Å². The van der Waals surface area contributed by atoms with Crippen molar-refractivity contribution in [2.45, 2.75) is 5.41 Å². The topological polar surface area (TPSA) is 48.2 Å². The lowest BCUT2D eigenvalue weighted by molar-refractivity contribution is 0.441. The Bertz CT molecular complexity index is 3560. The van der Waals surface area contributed by atoms with E-state index in [1.54, 1.807) is 0 Å². The van der Waals surface area contributed by atoms with Crippen LogP contribution in [0.5, 0.6) is 11.5 Å². The second kappa shape index (κ2) is 12.1. The molecule has 2 aromatic heterocycles. The fourth-order valence-corrected chi connectivity index (χ4v) is 10.00. The zero-order valence-corrected chi connectivity index (χ0v) is 31.7. The van der Waals surface area contributed by atoms with Gasteiger partial charge in [-0.3, -0.25) is 0 Å². The third-order valence-electron chi connectivity index (χ3n) is 12.5. The minimum atomic E-state index is -0.588. The van der Waals surface area contributed by atoms with Crippen LogP contribution in [0.15, 0.2) is 199 Å². The van der Waals surface area contributed by atoms with Crippen molar-refractivity contribution >= 4 is 43.6 Å². The summed E-state index contributed by atoms with van der Waals surface area (Å²) in [6.45, 7) is 0. The highest BCUT2D eigenvalue weighted by Crippen LogP contribution is 2.64. The Morgan fingerprint density at radius 1 is 0.424 bits per heavy atom. The summed E-state index contributed by atoms with van der Waals surface area (Å²) in [4.78, 5) is 10.5. The van der Waals surface area contributed by atoms with E-state index in [0.717, 1.165) is 83.2 Å². The average molecular weight is 753 g/mol. The molecule has 1 atom stereocenters. The van der Waals surface area contributed by atoms with Crippen LogP contribution in [-0.2, 0) is 5.41 Å². The second-order valence-electron chi connectivity index (χ2n) is 15.6. The highest BCUT2D eigenvalue weighted by Gasteiger charge is 2.51. The molecule has 1 unspecified atom stereocenters. The van der Waals surface area contributed by atoms with Gasteiger partial charge in [0.05, 0.1) is 5.41 Å². The maximum Gasteiger partial charge on any atom is 0.180 e. The predicted molar refractivity (Wildman–Crippen MR) is 238 cm³/mol. The van der Waals surface area contributed by atoms with Crippen molar-refractivity contribution in [3.05, 3.63) is 216 Å². The maximum absolute atomic E-state index is 6.89. The van der Waals surface area contributed by atoms with Crippen molar-refractivity contribution in [1.82, 2.24) is 9.97 Å². The number of aromatic nitrogens is 2. The Kier molecular flexibility index (Phi) is 6.62. The number of furan rings is 1. The monoisotopic (exact) mass is 752 g/mol. The van der Waals surface area contributed by atoms with E-state index in [4.69, 9.17) is 19.1 Å². The van der Waals surface area contributed by atoms with Crippen LogP contribution in [0, 0.1) is 0 Å². The summed E-state index contributed by atoms with van der Waals surface area (Å²) in [5.74, 6) is 2.46. The van der Waals surface area contributed by atoms with Gasteiger partial charge in [0.2, 0.25) is 0 Å². The zero-order chi connectivity index (χ0) is 38.7. The third-order valence-corrected chi connectivity index (χ3v) is 12.5. The number of hydrogen-bond acceptors (Lipinski definition) is 4. The molecule has 59 heavy (non-hydrogen) atoms. The number of ether oxygens (including phenoxy) is 1. The van der Waals surface area contributed by atoms with E-state index in [9.17, 15) is 0 Å². The number of para-hydroxylation sites is 2. The minimum Gasteiger partial charge on any atom is -0.456 e. The van der Waals surface area contributed by atoms with E-state index < -0.39 is 5.41 Å². The van der Waals surface area contributed by atoms with E-state index in [-0.39, 0.29) is 0 Å². The standard InChI is InChI=1S/C55H32N2O2/c1-2-15-35-31-38(28-27-33(35)13-1)54-56-50(53-51(57-54)42-20-6-9-25-47(42)58-53)37-17-11-16-36(32-37)39-21-12-24-45-49(39)41-19-5-7-22-43(41)55(45)44-23-8-10-26-48(44)59-52-40-18-4-3-14-34(40)29-30-46(52)55/h1-32H. The first-order valence-corrected chi connectivity index (χ1v) is 20.1. The molecule has 0 amide bonds. The van der Waals surface area contributed by atoms with Crippen LogP contribution < -0.4 is 4.74 Å². The molecule has 3 heterocycles. The van der Waals surface area contributed by atoms with Crippen molar-refractivity contribution in [2.75, 3.05) is 0 Å². The van der Waals surface area contributed by atoms with E-state index in [1.165, 1.54) is 27.6 Å². The van der Waals surface area contributed by atoms with Crippen molar-refractivity contribution in [2.24, 2.45) is 0 Å². The molecule has 1 aliphatic heterocycles. The molecule has 2 aliphatic rings. The van der Waals surface area contributed by atoms with Crippen molar-refractivity contribution in [3.8, 4) is 56.4 Å². The van der Waals surface area contributed by atoms with E-state index in [2.05, 4.69) is 176 Å². The minimum absolute atomic E-state index is 0.588. The molecule has 11 aromatic rings. The normalized spacial score (nSPS) is 15.0. The predicted octanol–water partition coefficient (Wildman–Crippen LogP) is 14.2. The van der Waals surface area contributed by atoms with Crippen molar-refractivity contribution < 1.29 is 9.15 Å². The Morgan fingerprint density at radius 3 is 2.05 bits per heavy atom. The summed E-state index contributed by atoms with van der Waals surface area (Å²) in [6.07, 6.45) is 0. The Morgan fingerprint density at radius 2 is 1.12 bits per heavy atom. The lowest BCUT2D eigenvalue weighted by Gasteiger charge is -2.39. The van der Waals surface area contributed by atoms with Gasteiger partial charge in [0, 0.05) is 33.0 Å². The first kappa shape index (κ1) is 32.3. The molecule has 1 aliphatic carbocycles. The van der Waals surface area contributed by atoms with Crippen LogP contribution in [0.4, 0.5) is 0 Å². The molecule has 0 N–H and O–H groups in total. The molecule has 274 valence electrons. The van der Waals surface area contributed by atoms with Gasteiger partial charge in [0.1, 0.15) is 28.3 Å². The molecule has 0 saturated heterocycles. The quantitative estimate of drug-likeness (QED) is 0.180. The second-order valence-corrected chi connectivity index (χ2v) is 15.6. The fraction of sp³-hybridized carbons (Fsp3) is 0.0182. The molecule has 1 spiro atoms. The molecule has 4 heteroatoms. The van der Waals surface area contributed by atoms with Gasteiger partial charge >= 0.3 is 0 Å². The van der Waals surface area contributed by atoms with Crippen molar-refractivity contribution in [1.29, 1.82) is 0 Å². The average Bonchev–Trinajstić information content (AvgIpc) is 3.83. The maximum atomic E-state index is 6.89. The molecular weight excluding hydrogens is 721 g/mol. The Labute approximate surface area is 339 Å². The molecule has 0 saturated carbocycles. The lowest BCUT2D eigenvalue weighted by Crippen LogP contribution is -2.32. The molecule has 0 radical (unpaired) electrons. The number of fused-ring (bicyclic) bond motifs is 15. The van der Waals surface area contributed by atoms with Gasteiger partial charge in [-0.05, 0) is 79.9 Å². The third kappa shape index (κ3) is 4.48. The first-order chi connectivity index (χ1) is 29.2. The van der Waals surface area contributed by atoms with Crippen LogP contribution in [-0.4, -0.2) is 9.97 Å². The zero-order valence-electron chi connectivity index (χ0n) is 31.7. The number of hydrogen-bond donors (Lipinski definition) is 0. The summed E-state index contributed by atoms with van der Waals surface area (Å²) in [6, 6.07) is 69.1. The highest BCUT2D eigenvalue weighted by molar-refractivity contribution is 6.08. The largest absolute Gasteiger partial charge is 0.456 e. The Balaban J connectivity index is 1.05. The number of benzene rings is 9. The smallest absolute Gasteiger partial charge is 0.180 e. The van der Waals surface area contributed by atoms with Crippen molar-refractivity contribution in [3.63, 3.8) is 0 Å². The number of nitrogens with zero attached hydrogens (tertiary/aromatic N) is 2. The van der Waals surface area contributed by atoms with Gasteiger partial charge in [0.15, 0.2) is 11.4 Å². The van der Waals surface area contributed by atoms with Gasteiger partial charge in [0.25, 0.3) is 0 Å². The van der Waals surface area contributed by atoms with Gasteiger partial charge in [-0.2, -0.15) is 0 Å². The van der Waals surface area contributed by atoms with Crippen LogP contribution in [0.2, 0.25) is 0 Å². The van der Waals surface area contributed by atoms with Crippen LogP contribution in [0.25, 0.3) is 88.5 Å². The molecule has 4 nitrogen and oxygen atoms in total. The van der Waals surface area contributed by atoms with Crippen LogP contribution >= 0.6 is 0 Å². The van der Waals surface area contributed by atoms with E-state index >= 15 is 0 Å². The van der Waals surface area contributed by atoms with Crippen LogP contribution in [0.1, 0.15) is 22.3 Å². The summed E-state index contributed by atoms with van der Waals surface area (Å²) in [7, 11) is 0. The summed E-state index contributed by atoms with van der Waals surface area (Å²) in [5.41, 5.74) is 13.9. The molecule has 0 fully saturated rings. The molecule has 0 bridgehead atoms. The lowest BCUT2D eigenvalue weighted by atomic mass is 9.65. The summed E-state index contributed by atoms with van der Waals surface area (Å²) < 4.78 is 13.5.